The number of nitrogens with zero attached hydrogens (tertiary/aromatic N) is 4. The molecule has 9 heteroatoms. The summed E-state index contributed by atoms with van der Waals surface area (Å²) in [6, 6.07) is 21.1. The van der Waals surface area contributed by atoms with Gasteiger partial charge in [0.2, 0.25) is 15.9 Å². The number of carbonyl (C=O) groups is 1. The topological polar surface area (TPSA) is 83.5 Å². The van der Waals surface area contributed by atoms with E-state index in [4.69, 9.17) is 0 Å². The van der Waals surface area contributed by atoms with Crippen LogP contribution >= 0.6 is 11.8 Å². The van der Waals surface area contributed by atoms with E-state index in [2.05, 4.69) is 9.97 Å². The zero-order valence-electron chi connectivity index (χ0n) is 18.9. The van der Waals surface area contributed by atoms with Crippen molar-refractivity contribution in [2.24, 2.45) is 0 Å². The van der Waals surface area contributed by atoms with Gasteiger partial charge in [0.05, 0.1) is 11.4 Å². The van der Waals surface area contributed by atoms with Crippen molar-refractivity contribution in [2.75, 3.05) is 31.9 Å². The second kappa shape index (κ2) is 10.9. The second-order valence-electron chi connectivity index (χ2n) is 7.87. The van der Waals surface area contributed by atoms with Gasteiger partial charge in [0.15, 0.2) is 5.16 Å². The molecule has 0 atom stereocenters. The van der Waals surface area contributed by atoms with Crippen molar-refractivity contribution >= 4 is 33.8 Å². The summed E-state index contributed by atoms with van der Waals surface area (Å²) >= 11 is 1.30. The molecule has 0 spiro atoms. The maximum atomic E-state index is 12.7. The Balaban J connectivity index is 1.31. The monoisotopic (exact) mass is 494 g/mol. The molecule has 1 saturated heterocycles. The molecule has 34 heavy (non-hydrogen) atoms. The van der Waals surface area contributed by atoms with Crippen LogP contribution in [-0.4, -0.2) is 65.4 Å². The smallest absolute Gasteiger partial charge is 0.236 e. The van der Waals surface area contributed by atoms with Crippen LogP contribution in [0.3, 0.4) is 0 Å². The summed E-state index contributed by atoms with van der Waals surface area (Å²) in [6.45, 7) is 3.18. The zero-order chi connectivity index (χ0) is 24.0. The Kier molecular flexibility index (Phi) is 7.77. The summed E-state index contributed by atoms with van der Waals surface area (Å²) in [5.74, 6) is 0.159. The predicted octanol–water partition coefficient (Wildman–Crippen LogP) is 3.69. The van der Waals surface area contributed by atoms with E-state index in [1.165, 1.54) is 21.5 Å². The van der Waals surface area contributed by atoms with Gasteiger partial charge in [-0.1, -0.05) is 72.4 Å². The normalized spacial score (nSPS) is 15.0. The number of sulfonamides is 1. The summed E-state index contributed by atoms with van der Waals surface area (Å²) in [7, 11) is -3.53. The van der Waals surface area contributed by atoms with E-state index >= 15 is 0 Å². The van der Waals surface area contributed by atoms with Gasteiger partial charge in [0.1, 0.15) is 0 Å². The predicted molar refractivity (Wildman–Crippen MR) is 135 cm³/mol. The number of piperazine rings is 1. The van der Waals surface area contributed by atoms with Crippen LogP contribution in [0.4, 0.5) is 0 Å². The second-order valence-corrected chi connectivity index (χ2v) is 10.6. The van der Waals surface area contributed by atoms with Crippen molar-refractivity contribution < 1.29 is 13.2 Å². The number of benzene rings is 2. The van der Waals surface area contributed by atoms with E-state index in [1.807, 2.05) is 73.7 Å². The van der Waals surface area contributed by atoms with Crippen LogP contribution in [0.15, 0.2) is 77.3 Å². The molecule has 1 amide bonds. The quantitative estimate of drug-likeness (QED) is 0.368. The molecule has 4 rings (SSSR count). The number of thioether (sulfide) groups is 1. The molecule has 1 fully saturated rings. The Morgan fingerprint density at radius 2 is 1.62 bits per heavy atom. The first kappa shape index (κ1) is 24.1. The first-order valence-electron chi connectivity index (χ1n) is 11.0. The van der Waals surface area contributed by atoms with Crippen molar-refractivity contribution in [1.82, 2.24) is 19.2 Å². The first-order valence-corrected chi connectivity index (χ1v) is 13.4. The molecule has 0 aliphatic carbocycles. The Bertz CT molecular complexity index is 1260. The first-order chi connectivity index (χ1) is 16.4. The van der Waals surface area contributed by atoms with E-state index in [0.29, 0.717) is 18.2 Å². The van der Waals surface area contributed by atoms with Crippen LogP contribution in [0.25, 0.3) is 17.3 Å². The van der Waals surface area contributed by atoms with Crippen molar-refractivity contribution in [3.63, 3.8) is 0 Å². The lowest BCUT2D eigenvalue weighted by Gasteiger charge is -2.33. The summed E-state index contributed by atoms with van der Waals surface area (Å²) in [5, 5.41) is 1.79. The highest BCUT2D eigenvalue weighted by molar-refractivity contribution is 7.99. The highest BCUT2D eigenvalue weighted by atomic mass is 32.2. The van der Waals surface area contributed by atoms with Crippen molar-refractivity contribution in [3.05, 3.63) is 83.4 Å². The molecule has 0 radical (unpaired) electrons. The van der Waals surface area contributed by atoms with Crippen LogP contribution in [0.1, 0.15) is 11.3 Å². The third-order valence-corrected chi connectivity index (χ3v) is 7.81. The maximum absolute atomic E-state index is 12.7. The van der Waals surface area contributed by atoms with Crippen LogP contribution in [0, 0.1) is 6.92 Å². The number of aromatic nitrogens is 2. The van der Waals surface area contributed by atoms with Crippen molar-refractivity contribution in [2.45, 2.75) is 12.1 Å². The number of rotatable bonds is 7. The third-order valence-electron chi connectivity index (χ3n) is 5.41. The SMILES string of the molecule is Cc1cc(-c2ccccc2)nc(SCC(=O)N2CCN(S(=O)(=O)/C=C/c3ccccc3)CC2)n1. The standard InChI is InChI=1S/C25H26N4O3S2/c1-20-18-23(22-10-6-3-7-11-22)27-25(26-20)33-19-24(30)28-13-15-29(16-14-28)34(31,32)17-12-21-8-4-2-5-9-21/h2-12,17-18H,13-16,19H2,1H3/b17-12+. The minimum absolute atomic E-state index is 0.0479. The van der Waals surface area contributed by atoms with E-state index in [1.54, 1.807) is 11.0 Å². The number of hydrogen-bond donors (Lipinski definition) is 0. The molecule has 1 aliphatic heterocycles. The lowest BCUT2D eigenvalue weighted by molar-refractivity contribution is -0.129. The average molecular weight is 495 g/mol. The van der Waals surface area contributed by atoms with Gasteiger partial charge in [-0.3, -0.25) is 4.79 Å². The fourth-order valence-corrected chi connectivity index (χ4v) is 5.57. The van der Waals surface area contributed by atoms with Crippen LogP contribution in [0.2, 0.25) is 0 Å². The number of amides is 1. The summed E-state index contributed by atoms with van der Waals surface area (Å²) < 4.78 is 26.7. The van der Waals surface area contributed by atoms with Gasteiger partial charge < -0.3 is 4.90 Å². The van der Waals surface area contributed by atoms with Crippen LogP contribution in [0.5, 0.6) is 0 Å². The van der Waals surface area contributed by atoms with Crippen LogP contribution in [-0.2, 0) is 14.8 Å². The van der Waals surface area contributed by atoms with Gasteiger partial charge in [0, 0.05) is 42.8 Å². The van der Waals surface area contributed by atoms with Crippen molar-refractivity contribution in [1.29, 1.82) is 0 Å². The maximum Gasteiger partial charge on any atom is 0.236 e. The molecule has 176 valence electrons. The van der Waals surface area contributed by atoms with Gasteiger partial charge in [-0.05, 0) is 24.6 Å². The molecular weight excluding hydrogens is 468 g/mol. The lowest BCUT2D eigenvalue weighted by atomic mass is 10.1. The van der Waals surface area contributed by atoms with Gasteiger partial charge in [-0.2, -0.15) is 4.31 Å². The van der Waals surface area contributed by atoms with E-state index in [9.17, 15) is 13.2 Å². The largest absolute Gasteiger partial charge is 0.339 e. The molecule has 2 aromatic carbocycles. The number of hydrogen-bond acceptors (Lipinski definition) is 6. The molecule has 7 nitrogen and oxygen atoms in total. The fourth-order valence-electron chi connectivity index (χ4n) is 3.59. The summed E-state index contributed by atoms with van der Waals surface area (Å²) in [6.07, 6.45) is 1.59. The van der Waals surface area contributed by atoms with Gasteiger partial charge in [-0.25, -0.2) is 18.4 Å². The Morgan fingerprint density at radius 3 is 2.29 bits per heavy atom. The average Bonchev–Trinajstić information content (AvgIpc) is 2.87. The highest BCUT2D eigenvalue weighted by Gasteiger charge is 2.27. The molecular formula is C25H26N4O3S2. The van der Waals surface area contributed by atoms with Crippen LogP contribution < -0.4 is 0 Å². The molecule has 2 heterocycles. The Morgan fingerprint density at radius 1 is 0.971 bits per heavy atom. The van der Waals surface area contributed by atoms with Crippen molar-refractivity contribution in [3.8, 4) is 11.3 Å². The van der Waals surface area contributed by atoms with Gasteiger partial charge in [-0.15, -0.1) is 0 Å². The summed E-state index contributed by atoms with van der Waals surface area (Å²) in [4.78, 5) is 23.5. The van der Waals surface area contributed by atoms with E-state index in [0.717, 1.165) is 22.5 Å². The van der Waals surface area contributed by atoms with E-state index in [-0.39, 0.29) is 24.7 Å². The lowest BCUT2D eigenvalue weighted by Crippen LogP contribution is -2.50. The fraction of sp³-hybridized carbons (Fsp3) is 0.240. The Labute approximate surface area is 204 Å². The third kappa shape index (κ3) is 6.31. The minimum Gasteiger partial charge on any atom is -0.339 e. The molecule has 0 saturated carbocycles. The number of aryl methyl sites for hydroxylation is 1. The molecule has 0 unspecified atom stereocenters. The summed E-state index contributed by atoms with van der Waals surface area (Å²) in [5.41, 5.74) is 3.49. The van der Waals surface area contributed by atoms with Gasteiger partial charge >= 0.3 is 0 Å². The zero-order valence-corrected chi connectivity index (χ0v) is 20.5. The van der Waals surface area contributed by atoms with E-state index < -0.39 is 10.0 Å². The van der Waals surface area contributed by atoms with Gasteiger partial charge in [0.25, 0.3) is 0 Å². The molecule has 1 aliphatic rings. The molecule has 0 bridgehead atoms. The number of carbonyl (C=O) groups excluding carboxylic acids is 1. The molecule has 1 aromatic heterocycles. The Hall–Kier alpha value is -3.01. The minimum atomic E-state index is -3.53. The molecule has 0 N–H and O–H groups in total. The molecule has 3 aromatic rings. The highest BCUT2D eigenvalue weighted by Crippen LogP contribution is 2.22.